The molecule has 1 saturated carbocycles. The molecule has 0 saturated heterocycles. The second kappa shape index (κ2) is 6.20. The predicted octanol–water partition coefficient (Wildman–Crippen LogP) is 3.29. The van der Waals surface area contributed by atoms with E-state index < -0.39 is 16.6 Å². The first-order chi connectivity index (χ1) is 9.93. The highest BCUT2D eigenvalue weighted by Crippen LogP contribution is 2.34. The Morgan fingerprint density at radius 3 is 2.76 bits per heavy atom. The maximum Gasteiger partial charge on any atom is 0.282 e. The summed E-state index contributed by atoms with van der Waals surface area (Å²) in [7, 11) is 0. The minimum Gasteiger partial charge on any atom is -0.349 e. The van der Waals surface area contributed by atoms with Gasteiger partial charge in [0.25, 0.3) is 11.6 Å². The van der Waals surface area contributed by atoms with Crippen LogP contribution in [0.3, 0.4) is 0 Å². The van der Waals surface area contributed by atoms with Gasteiger partial charge in [0.15, 0.2) is 0 Å². The van der Waals surface area contributed by atoms with Gasteiger partial charge in [0, 0.05) is 12.1 Å². The average molecular weight is 294 g/mol. The van der Waals surface area contributed by atoms with Gasteiger partial charge in [-0.3, -0.25) is 14.9 Å². The standard InChI is InChI=1S/C15H19FN2O3/c1-3-10-4-6-13(9(10)2)17-15(19)12-8-11(16)5-7-14(12)18(20)21/h5,7-10,13H,3-4,6H2,1-2H3,(H,17,19). The molecule has 1 aromatic carbocycles. The van der Waals surface area contributed by atoms with Gasteiger partial charge in [0.1, 0.15) is 11.4 Å². The van der Waals surface area contributed by atoms with Crippen LogP contribution in [0, 0.1) is 27.8 Å². The fourth-order valence-electron chi connectivity index (χ4n) is 3.12. The van der Waals surface area contributed by atoms with Crippen molar-refractivity contribution < 1.29 is 14.1 Å². The first kappa shape index (κ1) is 15.4. The van der Waals surface area contributed by atoms with Crippen molar-refractivity contribution in [3.8, 4) is 0 Å². The zero-order valence-corrected chi connectivity index (χ0v) is 12.1. The van der Waals surface area contributed by atoms with Crippen LogP contribution in [-0.2, 0) is 0 Å². The molecule has 3 atom stereocenters. The van der Waals surface area contributed by atoms with Gasteiger partial charge >= 0.3 is 0 Å². The zero-order valence-electron chi connectivity index (χ0n) is 12.1. The number of hydrogen-bond acceptors (Lipinski definition) is 3. The van der Waals surface area contributed by atoms with Crippen molar-refractivity contribution in [1.29, 1.82) is 0 Å². The van der Waals surface area contributed by atoms with E-state index in [2.05, 4.69) is 19.2 Å². The van der Waals surface area contributed by atoms with Gasteiger partial charge < -0.3 is 5.32 Å². The lowest BCUT2D eigenvalue weighted by Crippen LogP contribution is -2.37. The number of carbonyl (C=O) groups is 1. The quantitative estimate of drug-likeness (QED) is 0.684. The molecule has 0 heterocycles. The van der Waals surface area contributed by atoms with Crippen LogP contribution in [0.15, 0.2) is 18.2 Å². The molecular weight excluding hydrogens is 275 g/mol. The predicted molar refractivity (Wildman–Crippen MR) is 76.5 cm³/mol. The SMILES string of the molecule is CCC1CCC(NC(=O)c2cc(F)ccc2[N+](=O)[O-])C1C. The summed E-state index contributed by atoms with van der Waals surface area (Å²) in [5, 5.41) is 13.8. The van der Waals surface area contributed by atoms with Crippen LogP contribution >= 0.6 is 0 Å². The van der Waals surface area contributed by atoms with Gasteiger partial charge in [0.2, 0.25) is 0 Å². The molecule has 1 aliphatic rings. The minimum absolute atomic E-state index is 0.00896. The number of amides is 1. The number of benzene rings is 1. The number of rotatable bonds is 4. The van der Waals surface area contributed by atoms with Crippen molar-refractivity contribution in [2.75, 3.05) is 0 Å². The van der Waals surface area contributed by atoms with E-state index in [1.165, 1.54) is 0 Å². The number of nitrogens with zero attached hydrogens (tertiary/aromatic N) is 1. The molecule has 0 radical (unpaired) electrons. The number of nitro benzene ring substituents is 1. The van der Waals surface area contributed by atoms with Crippen molar-refractivity contribution in [3.63, 3.8) is 0 Å². The summed E-state index contributed by atoms with van der Waals surface area (Å²) in [4.78, 5) is 22.5. The van der Waals surface area contributed by atoms with Gasteiger partial charge in [-0.25, -0.2) is 4.39 Å². The van der Waals surface area contributed by atoms with E-state index in [-0.39, 0.29) is 17.3 Å². The summed E-state index contributed by atoms with van der Waals surface area (Å²) in [5.41, 5.74) is -0.585. The largest absolute Gasteiger partial charge is 0.349 e. The van der Waals surface area contributed by atoms with E-state index in [4.69, 9.17) is 0 Å². The molecule has 0 aliphatic heterocycles. The topological polar surface area (TPSA) is 72.2 Å². The lowest BCUT2D eigenvalue weighted by atomic mass is 9.93. The Morgan fingerprint density at radius 2 is 2.19 bits per heavy atom. The second-order valence-electron chi connectivity index (χ2n) is 5.60. The van der Waals surface area contributed by atoms with E-state index in [0.29, 0.717) is 11.8 Å². The third kappa shape index (κ3) is 3.20. The molecule has 114 valence electrons. The molecule has 1 aromatic rings. The first-order valence-electron chi connectivity index (χ1n) is 7.18. The molecule has 5 nitrogen and oxygen atoms in total. The van der Waals surface area contributed by atoms with E-state index in [9.17, 15) is 19.3 Å². The Hall–Kier alpha value is -1.98. The molecule has 2 rings (SSSR count). The maximum absolute atomic E-state index is 13.3. The van der Waals surface area contributed by atoms with Crippen LogP contribution in [0.5, 0.6) is 0 Å². The zero-order chi connectivity index (χ0) is 15.6. The minimum atomic E-state index is -0.665. The van der Waals surface area contributed by atoms with Crippen LogP contribution < -0.4 is 5.32 Å². The van der Waals surface area contributed by atoms with Crippen molar-refractivity contribution in [3.05, 3.63) is 39.7 Å². The second-order valence-corrected chi connectivity index (χ2v) is 5.60. The molecule has 0 bridgehead atoms. The number of halogens is 1. The molecule has 1 fully saturated rings. The van der Waals surface area contributed by atoms with Gasteiger partial charge in [-0.1, -0.05) is 20.3 Å². The lowest BCUT2D eigenvalue weighted by Gasteiger charge is -2.21. The molecule has 1 amide bonds. The van der Waals surface area contributed by atoms with Gasteiger partial charge in [-0.05, 0) is 36.8 Å². The fraction of sp³-hybridized carbons (Fsp3) is 0.533. The molecule has 1 aliphatic carbocycles. The number of nitro groups is 1. The molecule has 6 heteroatoms. The fourth-order valence-corrected chi connectivity index (χ4v) is 3.12. The van der Waals surface area contributed by atoms with E-state index in [1.807, 2.05) is 0 Å². The Morgan fingerprint density at radius 1 is 1.48 bits per heavy atom. The Kier molecular flexibility index (Phi) is 4.55. The molecular formula is C15H19FN2O3. The third-order valence-electron chi connectivity index (χ3n) is 4.47. The van der Waals surface area contributed by atoms with E-state index >= 15 is 0 Å². The van der Waals surface area contributed by atoms with Crippen molar-refractivity contribution in [1.82, 2.24) is 5.32 Å². The number of hydrogen-bond donors (Lipinski definition) is 1. The Bertz CT molecular complexity index is 562. The summed E-state index contributed by atoms with van der Waals surface area (Å²) in [6.45, 7) is 4.19. The van der Waals surface area contributed by atoms with Gasteiger partial charge in [-0.2, -0.15) is 0 Å². The van der Waals surface area contributed by atoms with Crippen molar-refractivity contribution >= 4 is 11.6 Å². The maximum atomic E-state index is 13.3. The highest BCUT2D eigenvalue weighted by Gasteiger charge is 2.33. The summed E-state index contributed by atoms with van der Waals surface area (Å²) < 4.78 is 13.3. The smallest absolute Gasteiger partial charge is 0.282 e. The summed E-state index contributed by atoms with van der Waals surface area (Å²) in [6.07, 6.45) is 2.94. The van der Waals surface area contributed by atoms with Gasteiger partial charge in [0.05, 0.1) is 4.92 Å². The third-order valence-corrected chi connectivity index (χ3v) is 4.47. The van der Waals surface area contributed by atoms with Crippen molar-refractivity contribution in [2.24, 2.45) is 11.8 Å². The van der Waals surface area contributed by atoms with Crippen LogP contribution in [0.2, 0.25) is 0 Å². The summed E-state index contributed by atoms with van der Waals surface area (Å²) in [6, 6.07) is 2.92. The Labute approximate surface area is 122 Å². The van der Waals surface area contributed by atoms with Crippen LogP contribution in [0.25, 0.3) is 0 Å². The lowest BCUT2D eigenvalue weighted by molar-refractivity contribution is -0.385. The van der Waals surface area contributed by atoms with Crippen LogP contribution in [-0.4, -0.2) is 16.9 Å². The van der Waals surface area contributed by atoms with E-state index in [1.54, 1.807) is 0 Å². The molecule has 0 spiro atoms. The average Bonchev–Trinajstić information content (AvgIpc) is 2.79. The molecule has 0 aromatic heterocycles. The highest BCUT2D eigenvalue weighted by molar-refractivity contribution is 5.98. The van der Waals surface area contributed by atoms with Gasteiger partial charge in [-0.15, -0.1) is 0 Å². The summed E-state index contributed by atoms with van der Waals surface area (Å²) in [5.74, 6) is -0.351. The highest BCUT2D eigenvalue weighted by atomic mass is 19.1. The summed E-state index contributed by atoms with van der Waals surface area (Å²) >= 11 is 0. The first-order valence-corrected chi connectivity index (χ1v) is 7.18. The number of carbonyl (C=O) groups excluding carboxylic acids is 1. The normalized spacial score (nSPS) is 24.8. The van der Waals surface area contributed by atoms with Crippen molar-refractivity contribution in [2.45, 2.75) is 39.2 Å². The molecule has 3 unspecified atom stereocenters. The molecule has 1 N–H and O–H groups in total. The monoisotopic (exact) mass is 294 g/mol. The number of nitrogens with one attached hydrogen (secondary N) is 1. The Balaban J connectivity index is 2.18. The molecule has 21 heavy (non-hydrogen) atoms. The van der Waals surface area contributed by atoms with E-state index in [0.717, 1.165) is 37.5 Å². The van der Waals surface area contributed by atoms with Crippen LogP contribution in [0.1, 0.15) is 43.5 Å². The van der Waals surface area contributed by atoms with Crippen LogP contribution in [0.4, 0.5) is 10.1 Å².